The molecule has 0 bridgehead atoms. The fourth-order valence-electron chi connectivity index (χ4n) is 2.86. The molecule has 1 saturated carbocycles. The van der Waals surface area contributed by atoms with Crippen LogP contribution < -0.4 is 0 Å². The van der Waals surface area contributed by atoms with Gasteiger partial charge in [-0.3, -0.25) is 0 Å². The third-order valence-electron chi connectivity index (χ3n) is 3.72. The third-order valence-corrected chi connectivity index (χ3v) is 3.72. The van der Waals surface area contributed by atoms with Gasteiger partial charge in [0.25, 0.3) is 0 Å². The minimum atomic E-state index is -1.36. The molecule has 0 N–H and O–H groups in total. The van der Waals surface area contributed by atoms with Crippen LogP contribution >= 0.6 is 0 Å². The number of hydrogen-bond acceptors (Lipinski definition) is 0. The molecule has 94 valence electrons. The summed E-state index contributed by atoms with van der Waals surface area (Å²) in [5, 5.41) is 0. The van der Waals surface area contributed by atoms with Crippen LogP contribution in [0.4, 0.5) is 13.2 Å². The summed E-state index contributed by atoms with van der Waals surface area (Å²) in [4.78, 5) is 0. The molecule has 0 saturated heterocycles. The van der Waals surface area contributed by atoms with E-state index in [4.69, 9.17) is 0 Å². The average Bonchev–Trinajstić information content (AvgIpc) is 2.74. The Labute approximate surface area is 99.8 Å². The SMILES string of the molecule is CCCC1CCC(c2cc(F)c(F)c(F)c2)C1. The standard InChI is InChI=1S/C14H17F3/c1-2-3-9-4-5-10(6-9)11-7-12(15)14(17)13(16)8-11/h7-10H,2-6H2,1H3. The second-order valence-corrected chi connectivity index (χ2v) is 4.96. The summed E-state index contributed by atoms with van der Waals surface area (Å²) in [5.74, 6) is -2.66. The lowest BCUT2D eigenvalue weighted by atomic mass is 9.94. The van der Waals surface area contributed by atoms with Gasteiger partial charge in [0.15, 0.2) is 17.5 Å². The van der Waals surface area contributed by atoms with Crippen LogP contribution in [0.15, 0.2) is 12.1 Å². The predicted molar refractivity (Wildman–Crippen MR) is 61.3 cm³/mol. The molecule has 1 aromatic rings. The topological polar surface area (TPSA) is 0 Å². The molecule has 1 aromatic carbocycles. The molecule has 2 rings (SSSR count). The van der Waals surface area contributed by atoms with Gasteiger partial charge in [0.1, 0.15) is 0 Å². The van der Waals surface area contributed by atoms with Crippen LogP contribution in [0.25, 0.3) is 0 Å². The minimum Gasteiger partial charge on any atom is -0.204 e. The molecule has 1 aliphatic carbocycles. The van der Waals surface area contributed by atoms with Gasteiger partial charge in [-0.1, -0.05) is 19.8 Å². The number of halogens is 3. The molecule has 0 heterocycles. The number of hydrogen-bond donors (Lipinski definition) is 0. The smallest absolute Gasteiger partial charge is 0.194 e. The molecule has 1 aliphatic rings. The summed E-state index contributed by atoms with van der Waals surface area (Å²) < 4.78 is 39.1. The maximum atomic E-state index is 13.1. The van der Waals surface area contributed by atoms with E-state index in [1.807, 2.05) is 0 Å². The first-order valence-corrected chi connectivity index (χ1v) is 6.26. The Hall–Kier alpha value is -0.990. The van der Waals surface area contributed by atoms with Gasteiger partial charge in [0.05, 0.1) is 0 Å². The molecule has 0 spiro atoms. The maximum absolute atomic E-state index is 13.1. The normalized spacial score (nSPS) is 24.2. The first-order chi connectivity index (χ1) is 8.11. The number of benzene rings is 1. The molecule has 17 heavy (non-hydrogen) atoms. The van der Waals surface area contributed by atoms with Gasteiger partial charge in [0.2, 0.25) is 0 Å². The Bertz CT molecular complexity index is 377. The van der Waals surface area contributed by atoms with Crippen LogP contribution in [-0.2, 0) is 0 Å². The molecule has 2 unspecified atom stereocenters. The number of rotatable bonds is 3. The van der Waals surface area contributed by atoms with Crippen molar-refractivity contribution in [2.45, 2.75) is 44.9 Å². The minimum absolute atomic E-state index is 0.191. The molecule has 0 amide bonds. The molecule has 2 atom stereocenters. The summed E-state index contributed by atoms with van der Waals surface area (Å²) >= 11 is 0. The second-order valence-electron chi connectivity index (χ2n) is 4.96. The van der Waals surface area contributed by atoms with Crippen molar-refractivity contribution in [1.82, 2.24) is 0 Å². The van der Waals surface area contributed by atoms with Gasteiger partial charge in [-0.25, -0.2) is 13.2 Å². The van der Waals surface area contributed by atoms with E-state index in [0.29, 0.717) is 11.5 Å². The fraction of sp³-hybridized carbons (Fsp3) is 0.571. The zero-order valence-electron chi connectivity index (χ0n) is 9.98. The van der Waals surface area contributed by atoms with Crippen LogP contribution in [0.2, 0.25) is 0 Å². The van der Waals surface area contributed by atoms with Gasteiger partial charge in [-0.2, -0.15) is 0 Å². The molecule has 0 aliphatic heterocycles. The quantitative estimate of drug-likeness (QED) is 0.669. The van der Waals surface area contributed by atoms with Crippen LogP contribution in [-0.4, -0.2) is 0 Å². The van der Waals surface area contributed by atoms with Gasteiger partial charge < -0.3 is 0 Å². The highest BCUT2D eigenvalue weighted by Crippen LogP contribution is 2.40. The predicted octanol–water partition coefficient (Wildman–Crippen LogP) is 4.79. The van der Waals surface area contributed by atoms with Gasteiger partial charge in [0, 0.05) is 0 Å². The average molecular weight is 242 g/mol. The Morgan fingerprint density at radius 1 is 1.12 bits per heavy atom. The van der Waals surface area contributed by atoms with E-state index < -0.39 is 17.5 Å². The molecule has 0 aromatic heterocycles. The van der Waals surface area contributed by atoms with E-state index in [-0.39, 0.29) is 5.92 Å². The lowest BCUT2D eigenvalue weighted by Crippen LogP contribution is -2.00. The molecule has 0 nitrogen and oxygen atoms in total. The highest BCUT2D eigenvalue weighted by atomic mass is 19.2. The van der Waals surface area contributed by atoms with Crippen LogP contribution in [0.1, 0.15) is 50.5 Å². The lowest BCUT2D eigenvalue weighted by molar-refractivity contribution is 0.442. The van der Waals surface area contributed by atoms with E-state index in [0.717, 1.165) is 37.8 Å². The van der Waals surface area contributed by atoms with Crippen LogP contribution in [0.5, 0.6) is 0 Å². The second kappa shape index (κ2) is 5.11. The molecule has 1 fully saturated rings. The van der Waals surface area contributed by atoms with Crippen molar-refractivity contribution in [2.24, 2.45) is 5.92 Å². The summed E-state index contributed by atoms with van der Waals surface area (Å²) in [6, 6.07) is 2.30. The van der Waals surface area contributed by atoms with E-state index in [2.05, 4.69) is 6.92 Å². The van der Waals surface area contributed by atoms with Crippen molar-refractivity contribution < 1.29 is 13.2 Å². The van der Waals surface area contributed by atoms with Crippen molar-refractivity contribution in [3.63, 3.8) is 0 Å². The Balaban J connectivity index is 2.14. The fourth-order valence-corrected chi connectivity index (χ4v) is 2.86. The zero-order valence-corrected chi connectivity index (χ0v) is 9.98. The first kappa shape index (κ1) is 12.5. The largest absolute Gasteiger partial charge is 0.204 e. The molecular formula is C14H17F3. The maximum Gasteiger partial charge on any atom is 0.194 e. The molecular weight excluding hydrogens is 225 g/mol. The first-order valence-electron chi connectivity index (χ1n) is 6.26. The summed E-state index contributed by atoms with van der Waals surface area (Å²) in [6.07, 6.45) is 5.35. The highest BCUT2D eigenvalue weighted by Gasteiger charge is 2.26. The van der Waals surface area contributed by atoms with Crippen LogP contribution in [0.3, 0.4) is 0 Å². The van der Waals surface area contributed by atoms with Gasteiger partial charge >= 0.3 is 0 Å². The van der Waals surface area contributed by atoms with Gasteiger partial charge in [-0.05, 0) is 48.8 Å². The van der Waals surface area contributed by atoms with Crippen LogP contribution in [0, 0.1) is 23.4 Å². The Morgan fingerprint density at radius 2 is 1.76 bits per heavy atom. The van der Waals surface area contributed by atoms with E-state index in [1.165, 1.54) is 6.42 Å². The van der Waals surface area contributed by atoms with Crippen molar-refractivity contribution in [3.05, 3.63) is 35.1 Å². The van der Waals surface area contributed by atoms with Crippen molar-refractivity contribution in [1.29, 1.82) is 0 Å². The van der Waals surface area contributed by atoms with Crippen molar-refractivity contribution in [3.8, 4) is 0 Å². The monoisotopic (exact) mass is 242 g/mol. The Morgan fingerprint density at radius 3 is 2.35 bits per heavy atom. The summed E-state index contributed by atoms with van der Waals surface area (Å²) in [7, 11) is 0. The highest BCUT2D eigenvalue weighted by molar-refractivity contribution is 5.24. The van der Waals surface area contributed by atoms with Gasteiger partial charge in [-0.15, -0.1) is 0 Å². The molecule has 0 radical (unpaired) electrons. The van der Waals surface area contributed by atoms with E-state index >= 15 is 0 Å². The van der Waals surface area contributed by atoms with Crippen molar-refractivity contribution >= 4 is 0 Å². The summed E-state index contributed by atoms with van der Waals surface area (Å²) in [5.41, 5.74) is 0.611. The molecule has 3 heteroatoms. The Kier molecular flexibility index (Phi) is 3.75. The summed E-state index contributed by atoms with van der Waals surface area (Å²) in [6.45, 7) is 2.14. The van der Waals surface area contributed by atoms with E-state index in [1.54, 1.807) is 0 Å². The lowest BCUT2D eigenvalue weighted by Gasteiger charge is -2.12. The third kappa shape index (κ3) is 2.64. The zero-order chi connectivity index (χ0) is 12.4. The van der Waals surface area contributed by atoms with Crippen molar-refractivity contribution in [2.75, 3.05) is 0 Å². The van der Waals surface area contributed by atoms with E-state index in [9.17, 15) is 13.2 Å².